The van der Waals surface area contributed by atoms with E-state index in [2.05, 4.69) is 21.0 Å². The van der Waals surface area contributed by atoms with Crippen LogP contribution in [0.1, 0.15) is 0 Å². The summed E-state index contributed by atoms with van der Waals surface area (Å²) in [7, 11) is 0. The van der Waals surface area contributed by atoms with Crippen molar-refractivity contribution in [1.82, 2.24) is 9.78 Å². The lowest BCUT2D eigenvalue weighted by Gasteiger charge is -1.99. The Balaban J connectivity index is 2.04. The van der Waals surface area contributed by atoms with Crippen LogP contribution in [0.3, 0.4) is 0 Å². The molecule has 0 bridgehead atoms. The summed E-state index contributed by atoms with van der Waals surface area (Å²) in [6, 6.07) is 10.0. The molecule has 0 atom stereocenters. The molecule has 0 saturated carbocycles. The SMILES string of the molecule is Nc1cn(-c2ccc(F)cc2)nc1-c1ccc(Br)s1. The summed E-state index contributed by atoms with van der Waals surface area (Å²) in [5.74, 6) is -0.272. The number of halogens is 2. The fourth-order valence-electron chi connectivity index (χ4n) is 1.75. The number of nitrogens with zero attached hydrogens (tertiary/aromatic N) is 2. The summed E-state index contributed by atoms with van der Waals surface area (Å²) in [4.78, 5) is 0.991. The van der Waals surface area contributed by atoms with E-state index in [1.165, 1.54) is 12.1 Å². The molecule has 0 aliphatic heterocycles. The third-order valence-electron chi connectivity index (χ3n) is 2.64. The van der Waals surface area contributed by atoms with Crippen molar-refractivity contribution in [3.05, 3.63) is 52.2 Å². The minimum absolute atomic E-state index is 0.272. The zero-order valence-corrected chi connectivity index (χ0v) is 12.1. The molecule has 2 aromatic heterocycles. The highest BCUT2D eigenvalue weighted by Crippen LogP contribution is 2.33. The Morgan fingerprint density at radius 3 is 2.53 bits per heavy atom. The minimum atomic E-state index is -0.272. The van der Waals surface area contributed by atoms with Crippen molar-refractivity contribution < 1.29 is 4.39 Å². The molecule has 6 heteroatoms. The lowest BCUT2D eigenvalue weighted by atomic mass is 10.3. The lowest BCUT2D eigenvalue weighted by molar-refractivity contribution is 0.627. The molecule has 0 aliphatic carbocycles. The van der Waals surface area contributed by atoms with Crippen molar-refractivity contribution in [1.29, 1.82) is 0 Å². The molecule has 96 valence electrons. The molecular formula is C13H9BrFN3S. The first-order valence-corrected chi connectivity index (χ1v) is 7.11. The van der Waals surface area contributed by atoms with Gasteiger partial charge in [-0.05, 0) is 52.3 Å². The number of nitrogens with two attached hydrogens (primary N) is 1. The molecule has 0 saturated heterocycles. The van der Waals surface area contributed by atoms with Crippen molar-refractivity contribution >= 4 is 33.0 Å². The highest BCUT2D eigenvalue weighted by Gasteiger charge is 2.11. The Hall–Kier alpha value is -1.66. The molecule has 2 heterocycles. The van der Waals surface area contributed by atoms with Gasteiger partial charge in [0.2, 0.25) is 0 Å². The van der Waals surface area contributed by atoms with E-state index in [0.717, 1.165) is 20.0 Å². The van der Waals surface area contributed by atoms with E-state index in [-0.39, 0.29) is 5.82 Å². The maximum Gasteiger partial charge on any atom is 0.126 e. The third-order valence-corrected chi connectivity index (χ3v) is 4.27. The van der Waals surface area contributed by atoms with Crippen LogP contribution in [0.15, 0.2) is 46.4 Å². The molecule has 3 nitrogen and oxygen atoms in total. The van der Waals surface area contributed by atoms with Gasteiger partial charge in [-0.25, -0.2) is 9.07 Å². The van der Waals surface area contributed by atoms with Crippen LogP contribution in [-0.4, -0.2) is 9.78 Å². The molecule has 3 rings (SSSR count). The predicted octanol–water partition coefficient (Wildman–Crippen LogP) is 4.08. The van der Waals surface area contributed by atoms with Crippen molar-refractivity contribution in [2.24, 2.45) is 0 Å². The second-order valence-corrected chi connectivity index (χ2v) is 6.42. The Bertz CT molecular complexity index is 718. The van der Waals surface area contributed by atoms with Crippen LogP contribution in [0.25, 0.3) is 16.3 Å². The summed E-state index contributed by atoms with van der Waals surface area (Å²) in [6.07, 6.45) is 1.73. The van der Waals surface area contributed by atoms with E-state index in [1.54, 1.807) is 34.3 Å². The lowest BCUT2D eigenvalue weighted by Crippen LogP contribution is -1.94. The summed E-state index contributed by atoms with van der Waals surface area (Å²) in [5, 5.41) is 4.45. The maximum atomic E-state index is 12.9. The summed E-state index contributed by atoms with van der Waals surface area (Å²) < 4.78 is 15.6. The highest BCUT2D eigenvalue weighted by atomic mass is 79.9. The number of hydrogen-bond acceptors (Lipinski definition) is 3. The molecule has 19 heavy (non-hydrogen) atoms. The van der Waals surface area contributed by atoms with Crippen LogP contribution < -0.4 is 5.73 Å². The fraction of sp³-hybridized carbons (Fsp3) is 0. The van der Waals surface area contributed by atoms with E-state index in [0.29, 0.717) is 5.69 Å². The van der Waals surface area contributed by atoms with Gasteiger partial charge in [0.05, 0.1) is 26.2 Å². The number of anilines is 1. The second-order valence-electron chi connectivity index (χ2n) is 3.96. The monoisotopic (exact) mass is 337 g/mol. The maximum absolute atomic E-state index is 12.9. The van der Waals surface area contributed by atoms with E-state index in [4.69, 9.17) is 5.73 Å². The molecule has 3 aromatic rings. The molecule has 0 unspecified atom stereocenters. The minimum Gasteiger partial charge on any atom is -0.396 e. The predicted molar refractivity (Wildman–Crippen MR) is 78.9 cm³/mol. The van der Waals surface area contributed by atoms with Crippen LogP contribution >= 0.6 is 27.3 Å². The number of nitrogen functional groups attached to an aromatic ring is 1. The van der Waals surface area contributed by atoms with Crippen molar-refractivity contribution in [3.8, 4) is 16.3 Å². The molecule has 2 N–H and O–H groups in total. The second kappa shape index (κ2) is 4.79. The van der Waals surface area contributed by atoms with Gasteiger partial charge in [0.15, 0.2) is 0 Å². The number of hydrogen-bond donors (Lipinski definition) is 1. The molecule has 0 amide bonds. The van der Waals surface area contributed by atoms with Gasteiger partial charge in [-0.2, -0.15) is 5.10 Å². The fourth-order valence-corrected chi connectivity index (χ4v) is 3.14. The van der Waals surface area contributed by atoms with Crippen molar-refractivity contribution in [3.63, 3.8) is 0 Å². The third kappa shape index (κ3) is 2.41. The number of thiophene rings is 1. The Morgan fingerprint density at radius 2 is 1.89 bits per heavy atom. The molecule has 1 aromatic carbocycles. The molecule has 0 fully saturated rings. The van der Waals surface area contributed by atoms with Crippen LogP contribution in [0.4, 0.5) is 10.1 Å². The Labute approximate surface area is 121 Å². The average molecular weight is 338 g/mol. The number of aromatic nitrogens is 2. The quantitative estimate of drug-likeness (QED) is 0.765. The van der Waals surface area contributed by atoms with Crippen molar-refractivity contribution in [2.45, 2.75) is 0 Å². The molecule has 0 spiro atoms. The van der Waals surface area contributed by atoms with Gasteiger partial charge in [0.1, 0.15) is 11.5 Å². The largest absolute Gasteiger partial charge is 0.396 e. The zero-order chi connectivity index (χ0) is 13.4. The van der Waals surface area contributed by atoms with Crippen LogP contribution in [-0.2, 0) is 0 Å². The van der Waals surface area contributed by atoms with Crippen LogP contribution in [0.2, 0.25) is 0 Å². The summed E-state index contributed by atoms with van der Waals surface area (Å²) in [5.41, 5.74) is 8.09. The Kier molecular flexibility index (Phi) is 3.12. The van der Waals surface area contributed by atoms with Gasteiger partial charge in [-0.15, -0.1) is 11.3 Å². The molecule has 0 radical (unpaired) electrons. The van der Waals surface area contributed by atoms with Crippen LogP contribution in [0, 0.1) is 5.82 Å². The van der Waals surface area contributed by atoms with Gasteiger partial charge < -0.3 is 5.73 Å². The standard InChI is InChI=1S/C13H9BrFN3S/c14-12-6-5-11(19-12)13-10(16)7-18(17-13)9-3-1-8(15)2-4-9/h1-7H,16H2. The summed E-state index contributed by atoms with van der Waals surface area (Å²) in [6.45, 7) is 0. The van der Waals surface area contributed by atoms with Gasteiger partial charge in [0, 0.05) is 0 Å². The normalized spacial score (nSPS) is 10.8. The van der Waals surface area contributed by atoms with E-state index in [9.17, 15) is 4.39 Å². The van der Waals surface area contributed by atoms with E-state index >= 15 is 0 Å². The van der Waals surface area contributed by atoms with Gasteiger partial charge in [-0.1, -0.05) is 0 Å². The highest BCUT2D eigenvalue weighted by molar-refractivity contribution is 9.11. The van der Waals surface area contributed by atoms with Crippen molar-refractivity contribution in [2.75, 3.05) is 5.73 Å². The first kappa shape index (κ1) is 12.4. The van der Waals surface area contributed by atoms with Crippen LogP contribution in [0.5, 0.6) is 0 Å². The Morgan fingerprint density at radius 1 is 1.16 bits per heavy atom. The van der Waals surface area contributed by atoms with Gasteiger partial charge >= 0.3 is 0 Å². The topological polar surface area (TPSA) is 43.8 Å². The van der Waals surface area contributed by atoms with Gasteiger partial charge in [-0.3, -0.25) is 0 Å². The first-order valence-electron chi connectivity index (χ1n) is 5.50. The number of rotatable bonds is 2. The van der Waals surface area contributed by atoms with Gasteiger partial charge in [0.25, 0.3) is 0 Å². The smallest absolute Gasteiger partial charge is 0.126 e. The average Bonchev–Trinajstić information content (AvgIpc) is 2.96. The molecular weight excluding hydrogens is 329 g/mol. The van der Waals surface area contributed by atoms with E-state index in [1.807, 2.05) is 12.1 Å². The number of benzene rings is 1. The first-order chi connectivity index (χ1) is 9.13. The summed E-state index contributed by atoms with van der Waals surface area (Å²) >= 11 is 4.98. The zero-order valence-electron chi connectivity index (χ0n) is 9.68. The molecule has 0 aliphatic rings. The van der Waals surface area contributed by atoms with E-state index < -0.39 is 0 Å².